The molecule has 8 nitrogen and oxygen atoms in total. The van der Waals surface area contributed by atoms with E-state index in [1.807, 2.05) is 36.6 Å². The Labute approximate surface area is 135 Å². The van der Waals surface area contributed by atoms with Crippen molar-refractivity contribution in [1.29, 1.82) is 0 Å². The van der Waals surface area contributed by atoms with Gasteiger partial charge in [-0.2, -0.15) is 14.6 Å². The lowest BCUT2D eigenvalue weighted by Crippen LogP contribution is -2.01. The van der Waals surface area contributed by atoms with Crippen molar-refractivity contribution >= 4 is 17.5 Å². The summed E-state index contributed by atoms with van der Waals surface area (Å²) in [5.74, 6) is 1.98. The Bertz CT molecular complexity index is 957. The molecule has 0 atom stereocenters. The molecular weight excluding hydrogens is 314 g/mol. The predicted molar refractivity (Wildman–Crippen MR) is 83.0 cm³/mol. The number of hydrogen-bond donors (Lipinski definition) is 0. The van der Waals surface area contributed by atoms with Crippen molar-refractivity contribution in [2.45, 2.75) is 30.6 Å². The topological polar surface area (TPSA) is 86.9 Å². The summed E-state index contributed by atoms with van der Waals surface area (Å²) in [7, 11) is 0. The largest absolute Gasteiger partial charge is 0.461 e. The summed E-state index contributed by atoms with van der Waals surface area (Å²) in [4.78, 5) is 8.48. The molecule has 0 saturated carbocycles. The van der Waals surface area contributed by atoms with Crippen LogP contribution < -0.4 is 0 Å². The maximum absolute atomic E-state index is 5.43. The fourth-order valence-electron chi connectivity index (χ4n) is 2.30. The van der Waals surface area contributed by atoms with Gasteiger partial charge in [0.25, 0.3) is 5.78 Å². The quantitative estimate of drug-likeness (QED) is 0.532. The molecule has 23 heavy (non-hydrogen) atoms. The Kier molecular flexibility index (Phi) is 3.34. The summed E-state index contributed by atoms with van der Waals surface area (Å²) >= 11 is 1.47. The first-order valence-electron chi connectivity index (χ1n) is 7.08. The number of furan rings is 1. The molecule has 0 aromatic carbocycles. The van der Waals surface area contributed by atoms with Crippen molar-refractivity contribution in [2.24, 2.45) is 0 Å². The molecule has 4 aromatic heterocycles. The lowest BCUT2D eigenvalue weighted by atomic mass is 10.4. The highest BCUT2D eigenvalue weighted by Gasteiger charge is 2.17. The van der Waals surface area contributed by atoms with Crippen LogP contribution in [0.15, 0.2) is 45.4 Å². The summed E-state index contributed by atoms with van der Waals surface area (Å²) in [6.07, 6.45) is 3.12. The van der Waals surface area contributed by atoms with Crippen LogP contribution in [0, 0.1) is 6.92 Å². The molecule has 0 N–H and O–H groups in total. The number of aryl methyl sites for hydroxylation is 1. The summed E-state index contributed by atoms with van der Waals surface area (Å²) in [6, 6.07) is 5.66. The van der Waals surface area contributed by atoms with E-state index in [-0.39, 0.29) is 0 Å². The highest BCUT2D eigenvalue weighted by atomic mass is 32.2. The van der Waals surface area contributed by atoms with E-state index in [1.54, 1.807) is 10.8 Å². The highest BCUT2D eigenvalue weighted by Crippen LogP contribution is 2.29. The van der Waals surface area contributed by atoms with E-state index in [2.05, 4.69) is 25.3 Å². The lowest BCUT2D eigenvalue weighted by molar-refractivity contribution is 0.567. The van der Waals surface area contributed by atoms with Crippen LogP contribution in [-0.4, -0.2) is 34.3 Å². The van der Waals surface area contributed by atoms with Gasteiger partial charge in [0, 0.05) is 12.2 Å². The van der Waals surface area contributed by atoms with Crippen LogP contribution in [0.4, 0.5) is 0 Å². The molecule has 0 saturated heterocycles. The van der Waals surface area contributed by atoms with Crippen LogP contribution in [0.25, 0.3) is 17.4 Å². The number of nitrogens with zero attached hydrogens (tertiary/aromatic N) is 7. The first-order valence-corrected chi connectivity index (χ1v) is 7.90. The Morgan fingerprint density at radius 3 is 3.00 bits per heavy atom. The smallest absolute Gasteiger partial charge is 0.253 e. The third-order valence-corrected chi connectivity index (χ3v) is 4.30. The predicted octanol–water partition coefficient (Wildman–Crippen LogP) is 2.46. The van der Waals surface area contributed by atoms with Crippen molar-refractivity contribution in [1.82, 2.24) is 34.3 Å². The van der Waals surface area contributed by atoms with Gasteiger partial charge in [-0.15, -0.1) is 10.2 Å². The van der Waals surface area contributed by atoms with Gasteiger partial charge in [-0.05, 0) is 43.8 Å². The van der Waals surface area contributed by atoms with Gasteiger partial charge in [0.05, 0.1) is 6.26 Å². The lowest BCUT2D eigenvalue weighted by Gasteiger charge is -2.07. The van der Waals surface area contributed by atoms with E-state index >= 15 is 0 Å². The van der Waals surface area contributed by atoms with Crippen molar-refractivity contribution in [2.75, 3.05) is 0 Å². The normalized spacial score (nSPS) is 11.4. The minimum absolute atomic E-state index is 0.571. The highest BCUT2D eigenvalue weighted by molar-refractivity contribution is 7.99. The van der Waals surface area contributed by atoms with Crippen molar-refractivity contribution < 1.29 is 4.42 Å². The number of hydrogen-bond acceptors (Lipinski definition) is 7. The Hall–Kier alpha value is -2.68. The molecule has 9 heteroatoms. The van der Waals surface area contributed by atoms with Gasteiger partial charge in [-0.1, -0.05) is 0 Å². The molecule has 4 heterocycles. The maximum Gasteiger partial charge on any atom is 0.253 e. The van der Waals surface area contributed by atoms with Crippen molar-refractivity contribution in [3.63, 3.8) is 0 Å². The van der Waals surface area contributed by atoms with E-state index in [1.165, 1.54) is 18.1 Å². The molecule has 0 radical (unpaired) electrons. The summed E-state index contributed by atoms with van der Waals surface area (Å²) in [5.41, 5.74) is 0.877. The van der Waals surface area contributed by atoms with Gasteiger partial charge in [0.1, 0.15) is 11.4 Å². The average molecular weight is 327 g/mol. The fraction of sp³-hybridized carbons (Fsp3) is 0.214. The Morgan fingerprint density at radius 2 is 2.22 bits per heavy atom. The zero-order chi connectivity index (χ0) is 15.8. The second-order valence-electron chi connectivity index (χ2n) is 4.84. The fourth-order valence-corrected chi connectivity index (χ4v) is 3.34. The van der Waals surface area contributed by atoms with Crippen LogP contribution in [0.5, 0.6) is 0 Å². The number of fused-ring (bicyclic) bond motifs is 1. The Balaban J connectivity index is 1.78. The zero-order valence-corrected chi connectivity index (χ0v) is 13.4. The molecule has 4 aromatic rings. The second-order valence-corrected chi connectivity index (χ2v) is 5.82. The van der Waals surface area contributed by atoms with Crippen LogP contribution in [0.3, 0.4) is 0 Å². The first-order chi connectivity index (χ1) is 11.3. The van der Waals surface area contributed by atoms with Gasteiger partial charge < -0.3 is 4.42 Å². The summed E-state index contributed by atoms with van der Waals surface area (Å²) in [6.45, 7) is 4.70. The van der Waals surface area contributed by atoms with Crippen molar-refractivity contribution in [3.05, 3.63) is 36.5 Å². The van der Waals surface area contributed by atoms with Gasteiger partial charge in [-0.3, -0.25) is 4.57 Å². The molecule has 0 bridgehead atoms. The van der Waals surface area contributed by atoms with E-state index < -0.39 is 0 Å². The van der Waals surface area contributed by atoms with Crippen LogP contribution in [0.2, 0.25) is 0 Å². The minimum atomic E-state index is 0.571. The monoisotopic (exact) mass is 327 g/mol. The van der Waals surface area contributed by atoms with Gasteiger partial charge >= 0.3 is 0 Å². The standard InChI is InChI=1S/C14H13N7OS/c1-3-20-12(10-5-4-6-22-10)18-19-14(20)23-11-7-9(2)17-13-15-8-16-21(11)13/h4-8H,3H2,1-2H3. The molecule has 0 aliphatic heterocycles. The van der Waals surface area contributed by atoms with Crippen LogP contribution >= 0.6 is 11.8 Å². The number of aromatic nitrogens is 7. The van der Waals surface area contributed by atoms with E-state index in [0.29, 0.717) is 17.4 Å². The Morgan fingerprint density at radius 1 is 1.30 bits per heavy atom. The molecule has 0 aliphatic rings. The molecule has 116 valence electrons. The van der Waals surface area contributed by atoms with Crippen molar-refractivity contribution in [3.8, 4) is 11.6 Å². The molecule has 0 aliphatic carbocycles. The number of rotatable bonds is 4. The van der Waals surface area contributed by atoms with E-state index in [0.717, 1.165) is 22.4 Å². The SMILES string of the molecule is CCn1c(Sc2cc(C)nc3ncnn23)nnc1-c1ccco1. The molecule has 0 fully saturated rings. The molecule has 0 spiro atoms. The van der Waals surface area contributed by atoms with Crippen LogP contribution in [0.1, 0.15) is 12.6 Å². The first kappa shape index (κ1) is 13.9. The third kappa shape index (κ3) is 2.38. The molecule has 0 amide bonds. The van der Waals surface area contributed by atoms with E-state index in [9.17, 15) is 0 Å². The average Bonchev–Trinajstić information content (AvgIpc) is 3.26. The van der Waals surface area contributed by atoms with Gasteiger partial charge in [-0.25, -0.2) is 4.98 Å². The van der Waals surface area contributed by atoms with Crippen LogP contribution in [-0.2, 0) is 6.54 Å². The third-order valence-electron chi connectivity index (χ3n) is 3.32. The maximum atomic E-state index is 5.43. The van der Waals surface area contributed by atoms with Gasteiger partial charge in [0.2, 0.25) is 0 Å². The minimum Gasteiger partial charge on any atom is -0.461 e. The second kappa shape index (κ2) is 5.51. The summed E-state index contributed by atoms with van der Waals surface area (Å²) < 4.78 is 9.13. The van der Waals surface area contributed by atoms with E-state index in [4.69, 9.17) is 4.42 Å². The van der Waals surface area contributed by atoms with Gasteiger partial charge in [0.15, 0.2) is 16.7 Å². The molecular formula is C14H13N7OS. The molecule has 0 unspecified atom stereocenters. The summed E-state index contributed by atoms with van der Waals surface area (Å²) in [5, 5.41) is 14.4. The zero-order valence-electron chi connectivity index (χ0n) is 12.5. The molecule has 4 rings (SSSR count).